The number of amides is 1. The highest BCUT2D eigenvalue weighted by Gasteiger charge is 2.19. The molecule has 4 heteroatoms. The van der Waals surface area contributed by atoms with Crippen LogP contribution in [0.15, 0.2) is 12.3 Å². The van der Waals surface area contributed by atoms with Crippen LogP contribution in [0.25, 0.3) is 0 Å². The fraction of sp³-hybridized carbons (Fsp3) is 0.714. The van der Waals surface area contributed by atoms with Crippen LogP contribution in [0.3, 0.4) is 0 Å². The van der Waals surface area contributed by atoms with Crippen molar-refractivity contribution in [3.63, 3.8) is 0 Å². The second kappa shape index (κ2) is 8.72. The molecule has 102 valence electrons. The fourth-order valence-corrected chi connectivity index (χ4v) is 2.04. The van der Waals surface area contributed by atoms with Gasteiger partial charge in [0, 0.05) is 18.2 Å². The van der Waals surface area contributed by atoms with Gasteiger partial charge in [0.2, 0.25) is 5.91 Å². The molecule has 0 aromatic rings. The van der Waals surface area contributed by atoms with Crippen molar-refractivity contribution in [1.82, 2.24) is 5.32 Å². The van der Waals surface area contributed by atoms with Gasteiger partial charge in [0.1, 0.15) is 0 Å². The summed E-state index contributed by atoms with van der Waals surface area (Å²) >= 11 is 0. The first-order valence-corrected chi connectivity index (χ1v) is 6.87. The summed E-state index contributed by atoms with van der Waals surface area (Å²) < 4.78 is 4.93. The first kappa shape index (κ1) is 14.7. The van der Waals surface area contributed by atoms with Gasteiger partial charge in [0.15, 0.2) is 0 Å². The van der Waals surface area contributed by atoms with Gasteiger partial charge in [0.05, 0.1) is 6.61 Å². The largest absolute Gasteiger partial charge is 0.462 e. The van der Waals surface area contributed by atoms with Crippen LogP contribution in [-0.4, -0.2) is 18.5 Å². The normalized spacial score (nSPS) is 16.7. The molecule has 0 atom stereocenters. The molecule has 0 saturated heterocycles. The van der Waals surface area contributed by atoms with Gasteiger partial charge in [-0.1, -0.05) is 32.6 Å². The topological polar surface area (TPSA) is 55.4 Å². The molecule has 1 amide bonds. The average Bonchev–Trinajstić information content (AvgIpc) is 2.40. The van der Waals surface area contributed by atoms with E-state index in [1.165, 1.54) is 18.7 Å². The lowest BCUT2D eigenvalue weighted by Crippen LogP contribution is -2.28. The first-order valence-electron chi connectivity index (χ1n) is 6.87. The molecule has 1 aliphatic rings. The van der Waals surface area contributed by atoms with Crippen LogP contribution in [0.5, 0.6) is 0 Å². The van der Waals surface area contributed by atoms with E-state index in [1.807, 2.05) is 6.92 Å². The summed E-state index contributed by atoms with van der Waals surface area (Å²) in [5, 5.41) is 2.65. The second-order valence-corrected chi connectivity index (χ2v) is 4.70. The zero-order chi connectivity index (χ0) is 13.2. The predicted molar refractivity (Wildman–Crippen MR) is 69.7 cm³/mol. The summed E-state index contributed by atoms with van der Waals surface area (Å²) in [6, 6.07) is 0. The smallest absolute Gasteiger partial charge is 0.332 e. The number of esters is 1. The summed E-state index contributed by atoms with van der Waals surface area (Å²) in [5.74, 6) is -0.265. The van der Waals surface area contributed by atoms with Crippen molar-refractivity contribution in [3.05, 3.63) is 12.3 Å². The highest BCUT2D eigenvalue weighted by molar-refractivity contribution is 5.84. The van der Waals surface area contributed by atoms with E-state index in [0.717, 1.165) is 38.5 Å². The highest BCUT2D eigenvalue weighted by atomic mass is 16.5. The van der Waals surface area contributed by atoms with Crippen LogP contribution in [0, 0.1) is 5.92 Å². The standard InChI is InChI=1S/C14H23NO3/c1-2-3-11-18-13(16)9-10-15-14(17)12-7-5-4-6-8-12/h9-10,12H,2-8,11H2,1H3,(H,15,17)/b10-9+. The van der Waals surface area contributed by atoms with E-state index in [-0.39, 0.29) is 11.8 Å². The molecule has 1 fully saturated rings. The number of unbranched alkanes of at least 4 members (excludes halogenated alkanes) is 1. The predicted octanol–water partition coefficient (Wildman–Crippen LogP) is 2.54. The molecule has 0 unspecified atom stereocenters. The number of hydrogen-bond acceptors (Lipinski definition) is 3. The van der Waals surface area contributed by atoms with Gasteiger partial charge in [-0.2, -0.15) is 0 Å². The van der Waals surface area contributed by atoms with Crippen molar-refractivity contribution in [2.24, 2.45) is 5.92 Å². The van der Waals surface area contributed by atoms with Gasteiger partial charge < -0.3 is 10.1 Å². The Morgan fingerprint density at radius 2 is 2.00 bits per heavy atom. The van der Waals surface area contributed by atoms with Crippen molar-refractivity contribution < 1.29 is 14.3 Å². The number of ether oxygens (including phenoxy) is 1. The van der Waals surface area contributed by atoms with E-state index in [1.54, 1.807) is 0 Å². The molecule has 1 saturated carbocycles. The Hall–Kier alpha value is -1.32. The van der Waals surface area contributed by atoms with Crippen molar-refractivity contribution >= 4 is 11.9 Å². The van der Waals surface area contributed by atoms with Crippen LogP contribution >= 0.6 is 0 Å². The van der Waals surface area contributed by atoms with E-state index in [0.29, 0.717) is 6.61 Å². The van der Waals surface area contributed by atoms with Crippen molar-refractivity contribution in [1.29, 1.82) is 0 Å². The molecule has 0 heterocycles. The summed E-state index contributed by atoms with van der Waals surface area (Å²) in [4.78, 5) is 22.9. The summed E-state index contributed by atoms with van der Waals surface area (Å²) in [5.41, 5.74) is 0. The molecule has 1 aliphatic carbocycles. The molecule has 4 nitrogen and oxygen atoms in total. The number of hydrogen-bond donors (Lipinski definition) is 1. The van der Waals surface area contributed by atoms with E-state index >= 15 is 0 Å². The quantitative estimate of drug-likeness (QED) is 0.449. The Bertz CT molecular complexity index is 293. The zero-order valence-electron chi connectivity index (χ0n) is 11.1. The van der Waals surface area contributed by atoms with Gasteiger partial charge in [-0.05, 0) is 19.3 Å². The number of carbonyl (C=O) groups excluding carboxylic acids is 2. The van der Waals surface area contributed by atoms with Crippen LogP contribution < -0.4 is 5.32 Å². The molecular weight excluding hydrogens is 230 g/mol. The maximum absolute atomic E-state index is 11.7. The molecule has 0 aromatic carbocycles. The molecule has 1 N–H and O–H groups in total. The number of carbonyl (C=O) groups is 2. The molecule has 0 spiro atoms. The van der Waals surface area contributed by atoms with E-state index in [2.05, 4.69) is 5.32 Å². The van der Waals surface area contributed by atoms with Gasteiger partial charge in [-0.25, -0.2) is 4.79 Å². The Morgan fingerprint density at radius 3 is 2.67 bits per heavy atom. The second-order valence-electron chi connectivity index (χ2n) is 4.70. The Balaban J connectivity index is 2.18. The summed E-state index contributed by atoms with van der Waals surface area (Å²) in [6.45, 7) is 2.48. The van der Waals surface area contributed by atoms with Gasteiger partial charge >= 0.3 is 5.97 Å². The third-order valence-electron chi connectivity index (χ3n) is 3.16. The minimum Gasteiger partial charge on any atom is -0.462 e. The maximum atomic E-state index is 11.7. The maximum Gasteiger partial charge on any atom is 0.332 e. The Morgan fingerprint density at radius 1 is 1.28 bits per heavy atom. The monoisotopic (exact) mass is 253 g/mol. The lowest BCUT2D eigenvalue weighted by Gasteiger charge is -2.19. The van der Waals surface area contributed by atoms with E-state index in [4.69, 9.17) is 4.74 Å². The van der Waals surface area contributed by atoms with Crippen LogP contribution in [0.4, 0.5) is 0 Å². The zero-order valence-corrected chi connectivity index (χ0v) is 11.1. The van der Waals surface area contributed by atoms with E-state index < -0.39 is 5.97 Å². The van der Waals surface area contributed by atoms with Gasteiger partial charge in [-0.3, -0.25) is 4.79 Å². The lowest BCUT2D eigenvalue weighted by atomic mass is 9.89. The van der Waals surface area contributed by atoms with Crippen molar-refractivity contribution in [3.8, 4) is 0 Å². The third-order valence-corrected chi connectivity index (χ3v) is 3.16. The minimum atomic E-state index is -0.396. The number of nitrogens with one attached hydrogen (secondary N) is 1. The van der Waals surface area contributed by atoms with E-state index in [9.17, 15) is 9.59 Å². The van der Waals surface area contributed by atoms with Crippen molar-refractivity contribution in [2.75, 3.05) is 6.61 Å². The average molecular weight is 253 g/mol. The summed E-state index contributed by atoms with van der Waals surface area (Å²) in [7, 11) is 0. The molecule has 0 radical (unpaired) electrons. The SMILES string of the molecule is CCCCOC(=O)/C=C/NC(=O)C1CCCCC1. The van der Waals surface area contributed by atoms with Crippen LogP contribution in [0.2, 0.25) is 0 Å². The highest BCUT2D eigenvalue weighted by Crippen LogP contribution is 2.23. The third kappa shape index (κ3) is 5.84. The molecule has 0 bridgehead atoms. The van der Waals surface area contributed by atoms with Gasteiger partial charge in [0.25, 0.3) is 0 Å². The van der Waals surface area contributed by atoms with Crippen molar-refractivity contribution in [2.45, 2.75) is 51.9 Å². The van der Waals surface area contributed by atoms with Crippen LogP contribution in [-0.2, 0) is 14.3 Å². The fourth-order valence-electron chi connectivity index (χ4n) is 2.04. The molecule has 18 heavy (non-hydrogen) atoms. The van der Waals surface area contributed by atoms with Gasteiger partial charge in [-0.15, -0.1) is 0 Å². The Labute approximate surface area is 109 Å². The first-order chi connectivity index (χ1) is 8.74. The lowest BCUT2D eigenvalue weighted by molar-refractivity contribution is -0.137. The minimum absolute atomic E-state index is 0.0207. The Kier molecular flexibility index (Phi) is 7.14. The molecular formula is C14H23NO3. The molecule has 0 aromatic heterocycles. The summed E-state index contributed by atoms with van der Waals surface area (Å²) in [6.07, 6.45) is 9.93. The van der Waals surface area contributed by atoms with Crippen LogP contribution in [0.1, 0.15) is 51.9 Å². The molecule has 1 rings (SSSR count). The molecule has 0 aliphatic heterocycles. The number of rotatable bonds is 6.